The highest BCUT2D eigenvalue weighted by Crippen LogP contribution is 2.31. The lowest BCUT2D eigenvalue weighted by Crippen LogP contribution is -2.36. The second-order valence-electron chi connectivity index (χ2n) is 3.88. The molecule has 1 amide bonds. The van der Waals surface area contributed by atoms with E-state index in [1.165, 1.54) is 0 Å². The van der Waals surface area contributed by atoms with Gasteiger partial charge in [0.2, 0.25) is 0 Å². The Hall–Kier alpha value is -1.51. The van der Waals surface area contributed by atoms with Gasteiger partial charge in [-0.2, -0.15) is 0 Å². The van der Waals surface area contributed by atoms with Crippen LogP contribution >= 0.6 is 0 Å². The molecule has 80 valence electrons. The summed E-state index contributed by atoms with van der Waals surface area (Å²) in [5.41, 5.74) is 1.90. The predicted molar refractivity (Wildman–Crippen MR) is 59.1 cm³/mol. The van der Waals surface area contributed by atoms with Crippen LogP contribution < -0.4 is 10.1 Å². The lowest BCUT2D eigenvalue weighted by Gasteiger charge is -2.25. The quantitative estimate of drug-likeness (QED) is 0.805. The summed E-state index contributed by atoms with van der Waals surface area (Å²) in [5.74, 6) is 0.744. The van der Waals surface area contributed by atoms with Crippen LogP contribution in [0.5, 0.6) is 5.75 Å². The maximum atomic E-state index is 11.6. The maximum absolute atomic E-state index is 11.6. The highest BCUT2D eigenvalue weighted by atomic mass is 16.5. The molecule has 0 aliphatic carbocycles. The number of carbonyl (C=O) groups excluding carboxylic acids is 1. The molecule has 0 aromatic heterocycles. The van der Waals surface area contributed by atoms with E-state index >= 15 is 0 Å². The molecule has 1 heterocycles. The summed E-state index contributed by atoms with van der Waals surface area (Å²) in [6.07, 6.45) is 1.38. The van der Waals surface area contributed by atoms with Crippen LogP contribution in [0.3, 0.4) is 0 Å². The largest absolute Gasteiger partial charge is 0.478 e. The van der Waals surface area contributed by atoms with Gasteiger partial charge in [-0.25, -0.2) is 0 Å². The first-order valence-electron chi connectivity index (χ1n) is 5.29. The van der Waals surface area contributed by atoms with Crippen LogP contribution in [0, 0.1) is 6.92 Å². The highest BCUT2D eigenvalue weighted by molar-refractivity contribution is 5.97. The molecule has 0 bridgehead atoms. The normalized spacial score (nSPS) is 19.1. The number of benzene rings is 1. The molecule has 1 aliphatic rings. The number of aryl methyl sites for hydroxylation is 1. The zero-order valence-corrected chi connectivity index (χ0v) is 9.04. The molecule has 1 unspecified atom stereocenters. The van der Waals surface area contributed by atoms with Gasteiger partial charge in [0.25, 0.3) is 5.91 Å². The fourth-order valence-electron chi connectivity index (χ4n) is 1.72. The molecule has 1 aromatic carbocycles. The summed E-state index contributed by atoms with van der Waals surface area (Å²) >= 11 is 0. The van der Waals surface area contributed by atoms with Gasteiger partial charge in [0.1, 0.15) is 5.75 Å². The minimum Gasteiger partial charge on any atom is -0.478 e. The molecule has 2 rings (SSSR count). The molecule has 0 fully saturated rings. The number of fused-ring (bicyclic) bond motifs is 1. The summed E-state index contributed by atoms with van der Waals surface area (Å²) in [6.45, 7) is 4.03. The molecule has 0 radical (unpaired) electrons. The van der Waals surface area contributed by atoms with Crippen molar-refractivity contribution in [1.29, 1.82) is 0 Å². The Balaban J connectivity index is 2.26. The number of rotatable bonds is 2. The second kappa shape index (κ2) is 3.93. The molecule has 1 N–H and O–H groups in total. The lowest BCUT2D eigenvalue weighted by atomic mass is 10.1. The van der Waals surface area contributed by atoms with E-state index in [-0.39, 0.29) is 12.0 Å². The molecule has 0 saturated heterocycles. The van der Waals surface area contributed by atoms with Gasteiger partial charge in [0.05, 0.1) is 5.69 Å². The van der Waals surface area contributed by atoms with E-state index in [0.717, 1.165) is 29.8 Å². The Labute approximate surface area is 89.4 Å². The van der Waals surface area contributed by atoms with Gasteiger partial charge in [-0.05, 0) is 31.0 Å². The third-order valence-electron chi connectivity index (χ3n) is 2.51. The third kappa shape index (κ3) is 1.96. The van der Waals surface area contributed by atoms with Gasteiger partial charge in [0, 0.05) is 0 Å². The SMILES string of the molecule is CCCC1Oc2ccc(C)cc2NC1=O. The van der Waals surface area contributed by atoms with Gasteiger partial charge < -0.3 is 10.1 Å². The molecule has 0 spiro atoms. The summed E-state index contributed by atoms with van der Waals surface area (Å²) in [6, 6.07) is 5.82. The van der Waals surface area contributed by atoms with Crippen molar-refractivity contribution in [1.82, 2.24) is 0 Å². The Morgan fingerprint density at radius 3 is 3.00 bits per heavy atom. The van der Waals surface area contributed by atoms with E-state index in [0.29, 0.717) is 0 Å². The van der Waals surface area contributed by atoms with E-state index < -0.39 is 0 Å². The van der Waals surface area contributed by atoms with Gasteiger partial charge in [0.15, 0.2) is 6.10 Å². The maximum Gasteiger partial charge on any atom is 0.265 e. The first kappa shape index (κ1) is 10.0. The topological polar surface area (TPSA) is 38.3 Å². The number of carbonyl (C=O) groups is 1. The van der Waals surface area contributed by atoms with Crippen molar-refractivity contribution in [3.63, 3.8) is 0 Å². The van der Waals surface area contributed by atoms with E-state index in [4.69, 9.17) is 4.74 Å². The lowest BCUT2D eigenvalue weighted by molar-refractivity contribution is -0.123. The molecule has 1 atom stereocenters. The van der Waals surface area contributed by atoms with Crippen molar-refractivity contribution >= 4 is 11.6 Å². The average molecular weight is 205 g/mol. The zero-order chi connectivity index (χ0) is 10.8. The first-order valence-corrected chi connectivity index (χ1v) is 5.29. The number of hydrogen-bond donors (Lipinski definition) is 1. The Morgan fingerprint density at radius 2 is 2.27 bits per heavy atom. The molecule has 1 aromatic rings. The fourth-order valence-corrected chi connectivity index (χ4v) is 1.72. The van der Waals surface area contributed by atoms with Crippen molar-refractivity contribution < 1.29 is 9.53 Å². The van der Waals surface area contributed by atoms with Crippen LogP contribution in [-0.2, 0) is 4.79 Å². The third-order valence-corrected chi connectivity index (χ3v) is 2.51. The molecular weight excluding hydrogens is 190 g/mol. The van der Waals surface area contributed by atoms with Gasteiger partial charge in [-0.1, -0.05) is 19.4 Å². The van der Waals surface area contributed by atoms with E-state index in [1.54, 1.807) is 0 Å². The monoisotopic (exact) mass is 205 g/mol. The van der Waals surface area contributed by atoms with Gasteiger partial charge in [-0.15, -0.1) is 0 Å². The Bertz CT molecular complexity index is 387. The Kier molecular flexibility index (Phi) is 2.62. The number of hydrogen-bond acceptors (Lipinski definition) is 2. The molecule has 3 heteroatoms. The van der Waals surface area contributed by atoms with Crippen molar-refractivity contribution in [2.45, 2.75) is 32.8 Å². The first-order chi connectivity index (χ1) is 7.20. The van der Waals surface area contributed by atoms with Crippen molar-refractivity contribution in [3.8, 4) is 5.75 Å². The van der Waals surface area contributed by atoms with Crippen LogP contribution in [0.4, 0.5) is 5.69 Å². The molecule has 3 nitrogen and oxygen atoms in total. The summed E-state index contributed by atoms with van der Waals surface area (Å²) in [5, 5.41) is 2.87. The van der Waals surface area contributed by atoms with Crippen LogP contribution in [0.25, 0.3) is 0 Å². The van der Waals surface area contributed by atoms with Crippen molar-refractivity contribution in [3.05, 3.63) is 23.8 Å². The predicted octanol–water partition coefficient (Wildman–Crippen LogP) is 2.49. The van der Waals surface area contributed by atoms with Crippen molar-refractivity contribution in [2.75, 3.05) is 5.32 Å². The molecular formula is C12H15NO2. The van der Waals surface area contributed by atoms with Crippen LogP contribution in [0.15, 0.2) is 18.2 Å². The highest BCUT2D eigenvalue weighted by Gasteiger charge is 2.26. The minimum atomic E-state index is -0.329. The second-order valence-corrected chi connectivity index (χ2v) is 3.88. The van der Waals surface area contributed by atoms with Gasteiger partial charge in [-0.3, -0.25) is 4.79 Å². The minimum absolute atomic E-state index is 0.0325. The van der Waals surface area contributed by atoms with Crippen LogP contribution in [0.2, 0.25) is 0 Å². The molecule has 0 saturated carbocycles. The number of anilines is 1. The summed E-state index contributed by atoms with van der Waals surface area (Å²) in [7, 11) is 0. The van der Waals surface area contributed by atoms with Gasteiger partial charge >= 0.3 is 0 Å². The number of nitrogens with one attached hydrogen (secondary N) is 1. The van der Waals surface area contributed by atoms with E-state index in [2.05, 4.69) is 5.32 Å². The number of amides is 1. The van der Waals surface area contributed by atoms with Crippen molar-refractivity contribution in [2.24, 2.45) is 0 Å². The molecule has 1 aliphatic heterocycles. The summed E-state index contributed by atoms with van der Waals surface area (Å²) in [4.78, 5) is 11.6. The standard InChI is InChI=1S/C12H15NO2/c1-3-4-11-12(14)13-9-7-8(2)5-6-10(9)15-11/h5-7,11H,3-4H2,1-2H3,(H,13,14). The summed E-state index contributed by atoms with van der Waals surface area (Å²) < 4.78 is 5.63. The smallest absolute Gasteiger partial charge is 0.265 e. The zero-order valence-electron chi connectivity index (χ0n) is 9.04. The van der Waals surface area contributed by atoms with E-state index in [9.17, 15) is 4.79 Å². The van der Waals surface area contributed by atoms with E-state index in [1.807, 2.05) is 32.0 Å². The Morgan fingerprint density at radius 1 is 1.47 bits per heavy atom. The average Bonchev–Trinajstić information content (AvgIpc) is 2.20. The van der Waals surface area contributed by atoms with Crippen LogP contribution in [-0.4, -0.2) is 12.0 Å². The number of ether oxygens (including phenoxy) is 1. The molecule has 15 heavy (non-hydrogen) atoms. The van der Waals surface area contributed by atoms with Crippen LogP contribution in [0.1, 0.15) is 25.3 Å². The fraction of sp³-hybridized carbons (Fsp3) is 0.417.